The molecule has 5 rings (SSSR count). The zero-order valence-corrected chi connectivity index (χ0v) is 21.2. The Hall–Kier alpha value is -4.62. The summed E-state index contributed by atoms with van der Waals surface area (Å²) >= 11 is 5.85. The van der Waals surface area contributed by atoms with E-state index < -0.39 is 18.0 Å². The average Bonchev–Trinajstić information content (AvgIpc) is 2.96. The van der Waals surface area contributed by atoms with Gasteiger partial charge in [0.25, 0.3) is 5.91 Å². The van der Waals surface area contributed by atoms with Gasteiger partial charge in [0.1, 0.15) is 5.82 Å². The summed E-state index contributed by atoms with van der Waals surface area (Å²) in [6, 6.07) is 27.8. The molecule has 0 saturated carbocycles. The summed E-state index contributed by atoms with van der Waals surface area (Å²) in [6.07, 6.45) is 0.715. The molecule has 1 unspecified atom stereocenters. The summed E-state index contributed by atoms with van der Waals surface area (Å²) in [4.78, 5) is 39.5. The topological polar surface area (TPSA) is 94.1 Å². The fraction of sp³-hybridized carbons (Fsp3) is 0.100. The molecule has 1 N–H and O–H groups in total. The van der Waals surface area contributed by atoms with Gasteiger partial charge in [0, 0.05) is 17.3 Å². The molecule has 2 heterocycles. The van der Waals surface area contributed by atoms with Gasteiger partial charge in [0.05, 0.1) is 33.0 Å². The highest BCUT2D eigenvalue weighted by atomic mass is 35.5. The van der Waals surface area contributed by atoms with Crippen LogP contribution in [0.2, 0.25) is 5.02 Å². The van der Waals surface area contributed by atoms with Crippen molar-refractivity contribution >= 4 is 40.3 Å². The van der Waals surface area contributed by atoms with Crippen molar-refractivity contribution in [2.75, 3.05) is 5.32 Å². The van der Waals surface area contributed by atoms with Crippen LogP contribution in [-0.2, 0) is 9.53 Å². The van der Waals surface area contributed by atoms with Crippen LogP contribution in [0.25, 0.3) is 33.5 Å². The molecular weight excluding hydrogens is 500 g/mol. The lowest BCUT2D eigenvalue weighted by atomic mass is 10.0. The number of fused-ring (bicyclic) bond motifs is 1. The van der Waals surface area contributed by atoms with Crippen LogP contribution in [0.5, 0.6) is 0 Å². The highest BCUT2D eigenvalue weighted by Crippen LogP contribution is 2.31. The van der Waals surface area contributed by atoms with Crippen LogP contribution >= 0.6 is 11.6 Å². The highest BCUT2D eigenvalue weighted by molar-refractivity contribution is 6.30. The molecule has 0 spiro atoms. The minimum atomic E-state index is -0.998. The summed E-state index contributed by atoms with van der Waals surface area (Å²) in [5.74, 6) is -0.791. The van der Waals surface area contributed by atoms with Crippen molar-refractivity contribution in [1.82, 2.24) is 15.0 Å². The number of pyridine rings is 1. The van der Waals surface area contributed by atoms with E-state index in [-0.39, 0.29) is 12.0 Å². The van der Waals surface area contributed by atoms with Crippen LogP contribution in [0, 0.1) is 0 Å². The summed E-state index contributed by atoms with van der Waals surface area (Å²) in [7, 11) is 0. The van der Waals surface area contributed by atoms with Crippen LogP contribution in [0.3, 0.4) is 0 Å². The maximum absolute atomic E-state index is 13.0. The van der Waals surface area contributed by atoms with Crippen LogP contribution in [0.1, 0.15) is 23.7 Å². The van der Waals surface area contributed by atoms with Crippen molar-refractivity contribution in [3.63, 3.8) is 0 Å². The number of amides is 1. The third-order valence-electron chi connectivity index (χ3n) is 5.89. The first kappa shape index (κ1) is 25.0. The second-order valence-electron chi connectivity index (χ2n) is 8.51. The van der Waals surface area contributed by atoms with Gasteiger partial charge in [0.15, 0.2) is 6.10 Å². The summed E-state index contributed by atoms with van der Waals surface area (Å²) in [5, 5.41) is 3.10. The Balaban J connectivity index is 1.44. The van der Waals surface area contributed by atoms with Gasteiger partial charge in [-0.1, -0.05) is 79.2 Å². The quantitative estimate of drug-likeness (QED) is 0.242. The maximum Gasteiger partial charge on any atom is 0.338 e. The van der Waals surface area contributed by atoms with Crippen molar-refractivity contribution in [1.29, 1.82) is 0 Å². The molecule has 0 aliphatic carbocycles. The van der Waals surface area contributed by atoms with Crippen molar-refractivity contribution in [2.24, 2.45) is 0 Å². The fourth-order valence-electron chi connectivity index (χ4n) is 3.95. The van der Waals surface area contributed by atoms with Crippen LogP contribution in [0.4, 0.5) is 5.82 Å². The number of hydrogen-bond donors (Lipinski definition) is 1. The molecule has 0 bridgehead atoms. The standard InChI is InChI=1S/C30H23ClN4O3/c1-2-25(29(36)35-26-16-14-22(31)18-32-26)38-30(37)21-13-15-23-24(17-21)34-28(20-11-7-4-8-12-20)27(33-23)19-9-5-3-6-10-19/h3-18,25H,2H2,1H3,(H,32,35,36). The first-order valence-electron chi connectivity index (χ1n) is 12.1. The number of carbonyl (C=O) groups is 2. The summed E-state index contributed by atoms with van der Waals surface area (Å²) < 4.78 is 5.55. The van der Waals surface area contributed by atoms with E-state index in [1.54, 1.807) is 37.3 Å². The number of esters is 1. The molecule has 7 nitrogen and oxygen atoms in total. The molecule has 38 heavy (non-hydrogen) atoms. The minimum absolute atomic E-state index is 0.272. The van der Waals surface area contributed by atoms with Crippen LogP contribution in [0.15, 0.2) is 97.2 Å². The molecule has 0 radical (unpaired) electrons. The van der Waals surface area contributed by atoms with E-state index in [1.165, 1.54) is 6.20 Å². The van der Waals surface area contributed by atoms with Gasteiger partial charge in [-0.15, -0.1) is 0 Å². The molecule has 5 aromatic rings. The number of hydrogen-bond acceptors (Lipinski definition) is 6. The number of benzene rings is 3. The molecule has 3 aromatic carbocycles. The lowest BCUT2D eigenvalue weighted by Crippen LogP contribution is -2.32. The Kier molecular flexibility index (Phi) is 7.38. The molecule has 0 fully saturated rings. The van der Waals surface area contributed by atoms with Crippen molar-refractivity contribution in [2.45, 2.75) is 19.4 Å². The van der Waals surface area contributed by atoms with Crippen molar-refractivity contribution < 1.29 is 14.3 Å². The normalized spacial score (nSPS) is 11.6. The van der Waals surface area contributed by atoms with Gasteiger partial charge >= 0.3 is 5.97 Å². The zero-order valence-electron chi connectivity index (χ0n) is 20.5. The first-order valence-corrected chi connectivity index (χ1v) is 12.5. The number of ether oxygens (including phenoxy) is 1. The van der Waals surface area contributed by atoms with E-state index in [1.807, 2.05) is 60.7 Å². The van der Waals surface area contributed by atoms with Gasteiger partial charge in [-0.05, 0) is 36.8 Å². The Bertz CT molecular complexity index is 1590. The number of carbonyl (C=O) groups excluding carboxylic acids is 2. The molecule has 188 valence electrons. The van der Waals surface area contributed by atoms with Gasteiger partial charge in [-0.25, -0.2) is 19.7 Å². The molecular formula is C30H23ClN4O3. The Morgan fingerprint density at radius 2 is 1.47 bits per heavy atom. The molecule has 0 aliphatic rings. The third kappa shape index (κ3) is 5.53. The molecule has 1 amide bonds. The lowest BCUT2D eigenvalue weighted by Gasteiger charge is -2.16. The molecule has 2 aromatic heterocycles. The van der Waals surface area contributed by atoms with Crippen molar-refractivity contribution in [3.05, 3.63) is 108 Å². The highest BCUT2D eigenvalue weighted by Gasteiger charge is 2.23. The van der Waals surface area contributed by atoms with Gasteiger partial charge in [-0.3, -0.25) is 4.79 Å². The Morgan fingerprint density at radius 1 is 0.842 bits per heavy atom. The average molecular weight is 523 g/mol. The van der Waals surface area contributed by atoms with Crippen LogP contribution < -0.4 is 5.32 Å². The number of anilines is 1. The number of nitrogens with one attached hydrogen (secondary N) is 1. The summed E-state index contributed by atoms with van der Waals surface area (Å²) in [5.41, 5.74) is 4.76. The van der Waals surface area contributed by atoms with Gasteiger partial charge in [0.2, 0.25) is 0 Å². The molecule has 8 heteroatoms. The van der Waals surface area contributed by atoms with E-state index in [9.17, 15) is 9.59 Å². The van der Waals surface area contributed by atoms with E-state index >= 15 is 0 Å². The van der Waals surface area contributed by atoms with E-state index in [4.69, 9.17) is 26.3 Å². The number of rotatable bonds is 7. The molecule has 1 atom stereocenters. The predicted molar refractivity (Wildman–Crippen MR) is 148 cm³/mol. The predicted octanol–water partition coefficient (Wildman–Crippen LogP) is 6.59. The van der Waals surface area contributed by atoms with E-state index in [2.05, 4.69) is 10.3 Å². The monoisotopic (exact) mass is 522 g/mol. The minimum Gasteiger partial charge on any atom is -0.449 e. The number of halogens is 1. The fourth-order valence-corrected chi connectivity index (χ4v) is 4.06. The zero-order chi connectivity index (χ0) is 26.5. The largest absolute Gasteiger partial charge is 0.449 e. The third-order valence-corrected chi connectivity index (χ3v) is 6.11. The second-order valence-corrected chi connectivity index (χ2v) is 8.95. The van der Waals surface area contributed by atoms with Crippen LogP contribution in [-0.4, -0.2) is 32.9 Å². The summed E-state index contributed by atoms with van der Waals surface area (Å²) in [6.45, 7) is 1.76. The SMILES string of the molecule is CCC(OC(=O)c1ccc2nc(-c3ccccc3)c(-c3ccccc3)nc2c1)C(=O)Nc1ccc(Cl)cn1. The first-order chi connectivity index (χ1) is 18.5. The molecule has 0 saturated heterocycles. The Morgan fingerprint density at radius 3 is 2.05 bits per heavy atom. The Labute approximate surface area is 224 Å². The smallest absolute Gasteiger partial charge is 0.338 e. The number of aromatic nitrogens is 3. The lowest BCUT2D eigenvalue weighted by molar-refractivity contribution is -0.124. The van der Waals surface area contributed by atoms with Gasteiger partial charge < -0.3 is 10.1 Å². The van der Waals surface area contributed by atoms with E-state index in [0.29, 0.717) is 27.6 Å². The van der Waals surface area contributed by atoms with Gasteiger partial charge in [-0.2, -0.15) is 0 Å². The van der Waals surface area contributed by atoms with E-state index in [0.717, 1.165) is 16.8 Å². The maximum atomic E-state index is 13.0. The molecule has 0 aliphatic heterocycles. The second kappa shape index (κ2) is 11.2. The number of nitrogens with zero attached hydrogens (tertiary/aromatic N) is 3. The van der Waals surface area contributed by atoms with Crippen molar-refractivity contribution in [3.8, 4) is 22.5 Å².